The summed E-state index contributed by atoms with van der Waals surface area (Å²) in [5.41, 5.74) is 0. The minimum atomic E-state index is 0.590. The highest BCUT2D eigenvalue weighted by atomic mass is 32.2. The Kier molecular flexibility index (Phi) is 3.78. The van der Waals surface area contributed by atoms with Crippen LogP contribution in [0.25, 0.3) is 0 Å². The fourth-order valence-electron chi connectivity index (χ4n) is 2.48. The number of nitrogens with one attached hydrogen (secondary N) is 1. The van der Waals surface area contributed by atoms with E-state index in [1.54, 1.807) is 0 Å². The summed E-state index contributed by atoms with van der Waals surface area (Å²) < 4.78 is 0.590. The fourth-order valence-corrected chi connectivity index (χ4v) is 3.42. The highest BCUT2D eigenvalue weighted by molar-refractivity contribution is 8.00. The predicted molar refractivity (Wildman–Crippen MR) is 64.9 cm³/mol. The van der Waals surface area contributed by atoms with E-state index in [0.717, 1.165) is 5.92 Å². The second-order valence-corrected chi connectivity index (χ2v) is 6.30. The van der Waals surface area contributed by atoms with E-state index in [4.69, 9.17) is 0 Å². The molecule has 0 radical (unpaired) electrons. The van der Waals surface area contributed by atoms with Crippen LogP contribution < -0.4 is 5.32 Å². The summed E-state index contributed by atoms with van der Waals surface area (Å²) in [4.78, 5) is 0. The molecular weight excluding hydrogens is 190 g/mol. The Hall–Kier alpha value is 0.310. The molecule has 0 saturated heterocycles. The Bertz CT molecular complexity index is 171. The molecule has 0 aromatic heterocycles. The molecule has 2 rings (SSSR count). The van der Waals surface area contributed by atoms with Gasteiger partial charge in [-0.15, -0.1) is 0 Å². The van der Waals surface area contributed by atoms with Gasteiger partial charge in [0.2, 0.25) is 0 Å². The van der Waals surface area contributed by atoms with Crippen molar-refractivity contribution in [1.29, 1.82) is 0 Å². The molecule has 0 atom stereocenters. The minimum Gasteiger partial charge on any atom is -0.315 e. The van der Waals surface area contributed by atoms with Gasteiger partial charge < -0.3 is 5.32 Å². The summed E-state index contributed by atoms with van der Waals surface area (Å²) in [7, 11) is 0. The summed E-state index contributed by atoms with van der Waals surface area (Å²) in [5.74, 6) is 1.03. The first-order valence-electron chi connectivity index (χ1n) is 6.10. The molecule has 0 aliphatic heterocycles. The zero-order valence-electron chi connectivity index (χ0n) is 9.35. The van der Waals surface area contributed by atoms with E-state index in [1.165, 1.54) is 58.0 Å². The number of hydrogen-bond acceptors (Lipinski definition) is 2. The van der Waals surface area contributed by atoms with Crippen LogP contribution in [0.3, 0.4) is 0 Å². The molecule has 0 bridgehead atoms. The van der Waals surface area contributed by atoms with Gasteiger partial charge in [-0.2, -0.15) is 11.8 Å². The molecule has 1 nitrogen and oxygen atoms in total. The van der Waals surface area contributed by atoms with Crippen molar-refractivity contribution in [3.05, 3.63) is 0 Å². The fraction of sp³-hybridized carbons (Fsp3) is 1.00. The van der Waals surface area contributed by atoms with Gasteiger partial charge in [-0.05, 0) is 44.4 Å². The van der Waals surface area contributed by atoms with E-state index < -0.39 is 0 Å². The summed E-state index contributed by atoms with van der Waals surface area (Å²) in [5, 5.41) is 3.69. The Morgan fingerprint density at radius 1 is 1.21 bits per heavy atom. The van der Waals surface area contributed by atoms with Crippen molar-refractivity contribution in [3.8, 4) is 0 Å². The molecule has 2 heteroatoms. The highest BCUT2D eigenvalue weighted by Crippen LogP contribution is 2.38. The van der Waals surface area contributed by atoms with Crippen molar-refractivity contribution in [2.24, 2.45) is 5.92 Å². The van der Waals surface area contributed by atoms with Gasteiger partial charge in [-0.3, -0.25) is 0 Å². The third kappa shape index (κ3) is 2.90. The lowest BCUT2D eigenvalue weighted by atomic mass is 9.88. The quantitative estimate of drug-likeness (QED) is 0.753. The van der Waals surface area contributed by atoms with E-state index in [-0.39, 0.29) is 0 Å². The number of hydrogen-bond donors (Lipinski definition) is 1. The average Bonchev–Trinajstić information content (AvgIpc) is 3.03. The standard InChI is InChI=1S/C12H23NS/c1-14-12(7-3-2-4-8-12)10-13-9-11-5-6-11/h11,13H,2-10H2,1H3. The Morgan fingerprint density at radius 3 is 2.50 bits per heavy atom. The molecule has 1 N–H and O–H groups in total. The molecule has 0 spiro atoms. The van der Waals surface area contributed by atoms with Crippen molar-refractivity contribution < 1.29 is 0 Å². The van der Waals surface area contributed by atoms with Crippen LogP contribution in [-0.2, 0) is 0 Å². The van der Waals surface area contributed by atoms with E-state index in [0.29, 0.717) is 4.75 Å². The first-order valence-corrected chi connectivity index (χ1v) is 7.33. The van der Waals surface area contributed by atoms with Crippen LogP contribution in [0.15, 0.2) is 0 Å². The molecule has 2 fully saturated rings. The summed E-state index contributed by atoms with van der Waals surface area (Å²) in [6.45, 7) is 2.53. The topological polar surface area (TPSA) is 12.0 Å². The van der Waals surface area contributed by atoms with Crippen LogP contribution in [0.2, 0.25) is 0 Å². The lowest BCUT2D eigenvalue weighted by Crippen LogP contribution is -2.40. The maximum Gasteiger partial charge on any atom is 0.0281 e. The molecule has 82 valence electrons. The minimum absolute atomic E-state index is 0.590. The molecule has 0 unspecified atom stereocenters. The van der Waals surface area contributed by atoms with Gasteiger partial charge in [-0.1, -0.05) is 19.3 Å². The zero-order valence-corrected chi connectivity index (χ0v) is 10.2. The van der Waals surface area contributed by atoms with E-state index in [9.17, 15) is 0 Å². The van der Waals surface area contributed by atoms with Crippen molar-refractivity contribution in [2.75, 3.05) is 19.3 Å². The average molecular weight is 213 g/mol. The Labute approximate surface area is 92.4 Å². The zero-order chi connectivity index (χ0) is 9.86. The predicted octanol–water partition coefficient (Wildman–Crippen LogP) is 3.05. The molecular formula is C12H23NS. The molecule has 2 aliphatic carbocycles. The molecule has 2 aliphatic rings. The lowest BCUT2D eigenvalue weighted by Gasteiger charge is -2.36. The first-order chi connectivity index (χ1) is 6.85. The third-order valence-electron chi connectivity index (χ3n) is 3.77. The number of thioether (sulfide) groups is 1. The summed E-state index contributed by atoms with van der Waals surface area (Å²) >= 11 is 2.10. The van der Waals surface area contributed by atoms with Crippen molar-refractivity contribution in [2.45, 2.75) is 49.7 Å². The number of rotatable bonds is 5. The van der Waals surface area contributed by atoms with Crippen molar-refractivity contribution >= 4 is 11.8 Å². The maximum absolute atomic E-state index is 3.69. The SMILES string of the molecule is CSC1(CNCC2CC2)CCCCC1. The first kappa shape index (κ1) is 10.8. The van der Waals surface area contributed by atoms with Gasteiger partial charge in [0.15, 0.2) is 0 Å². The van der Waals surface area contributed by atoms with Gasteiger partial charge in [0.25, 0.3) is 0 Å². The van der Waals surface area contributed by atoms with Crippen LogP contribution in [0.5, 0.6) is 0 Å². The molecule has 2 saturated carbocycles. The monoisotopic (exact) mass is 213 g/mol. The third-order valence-corrected chi connectivity index (χ3v) is 5.19. The van der Waals surface area contributed by atoms with E-state index in [2.05, 4.69) is 23.3 Å². The van der Waals surface area contributed by atoms with Crippen molar-refractivity contribution in [1.82, 2.24) is 5.32 Å². The van der Waals surface area contributed by atoms with Crippen molar-refractivity contribution in [3.63, 3.8) is 0 Å². The summed E-state index contributed by atoms with van der Waals surface area (Å²) in [6.07, 6.45) is 12.5. The Balaban J connectivity index is 1.71. The normalized spacial score (nSPS) is 26.4. The molecule has 0 amide bonds. The second-order valence-electron chi connectivity index (χ2n) is 5.02. The van der Waals surface area contributed by atoms with E-state index >= 15 is 0 Å². The van der Waals surface area contributed by atoms with Gasteiger partial charge >= 0.3 is 0 Å². The molecule has 14 heavy (non-hydrogen) atoms. The van der Waals surface area contributed by atoms with E-state index in [1.807, 2.05) is 0 Å². The van der Waals surface area contributed by atoms with Crippen LogP contribution in [0.4, 0.5) is 0 Å². The maximum atomic E-state index is 3.69. The van der Waals surface area contributed by atoms with Gasteiger partial charge in [0.1, 0.15) is 0 Å². The van der Waals surface area contributed by atoms with Crippen LogP contribution in [0.1, 0.15) is 44.9 Å². The van der Waals surface area contributed by atoms with Gasteiger partial charge in [-0.25, -0.2) is 0 Å². The highest BCUT2D eigenvalue weighted by Gasteiger charge is 2.31. The van der Waals surface area contributed by atoms with Crippen LogP contribution >= 0.6 is 11.8 Å². The Morgan fingerprint density at radius 2 is 1.93 bits per heavy atom. The largest absolute Gasteiger partial charge is 0.315 e. The molecule has 0 aromatic rings. The second kappa shape index (κ2) is 4.89. The van der Waals surface area contributed by atoms with Crippen LogP contribution in [0, 0.1) is 5.92 Å². The van der Waals surface area contributed by atoms with Gasteiger partial charge in [0, 0.05) is 11.3 Å². The van der Waals surface area contributed by atoms with Gasteiger partial charge in [0.05, 0.1) is 0 Å². The molecule has 0 aromatic carbocycles. The lowest BCUT2D eigenvalue weighted by molar-refractivity contribution is 0.378. The summed E-state index contributed by atoms with van der Waals surface area (Å²) in [6, 6.07) is 0. The van der Waals surface area contributed by atoms with Crippen LogP contribution in [-0.4, -0.2) is 24.1 Å². The smallest absolute Gasteiger partial charge is 0.0281 e. The molecule has 0 heterocycles.